The van der Waals surface area contributed by atoms with Crippen LogP contribution in [0.2, 0.25) is 0 Å². The van der Waals surface area contributed by atoms with Crippen molar-refractivity contribution in [3.63, 3.8) is 0 Å². The molecule has 3 rings (SSSR count). The second-order valence-corrected chi connectivity index (χ2v) is 8.90. The molecule has 1 atom stereocenters. The van der Waals surface area contributed by atoms with E-state index >= 15 is 0 Å². The molecule has 0 saturated carbocycles. The highest BCUT2D eigenvalue weighted by atomic mass is 16.1. The smallest absolute Gasteiger partial charge is 0.266 e. The Kier molecular flexibility index (Phi) is 6.03. The molecule has 1 heterocycles. The Hall–Kier alpha value is -3.06. The van der Waals surface area contributed by atoms with Gasteiger partial charge in [-0.15, -0.1) is 0 Å². The zero-order valence-electron chi connectivity index (χ0n) is 18.8. The van der Waals surface area contributed by atoms with Gasteiger partial charge in [0.1, 0.15) is 11.6 Å². The van der Waals surface area contributed by atoms with Gasteiger partial charge in [0.15, 0.2) is 0 Å². The van der Waals surface area contributed by atoms with Gasteiger partial charge in [-0.1, -0.05) is 19.1 Å². The fourth-order valence-corrected chi connectivity index (χ4v) is 4.53. The second kappa shape index (κ2) is 8.36. The van der Waals surface area contributed by atoms with Crippen molar-refractivity contribution in [2.24, 2.45) is 0 Å². The van der Waals surface area contributed by atoms with Gasteiger partial charge in [-0.05, 0) is 99.6 Å². The Morgan fingerprint density at radius 3 is 2.60 bits per heavy atom. The number of nitrogens with one attached hydrogen (secondary N) is 1. The first-order chi connectivity index (χ1) is 14.2. The molecule has 156 valence electrons. The van der Waals surface area contributed by atoms with Gasteiger partial charge >= 0.3 is 0 Å². The lowest BCUT2D eigenvalue weighted by molar-refractivity contribution is -0.112. The number of nitrogens with zero attached hydrogens (tertiary/aromatic N) is 2. The number of aryl methyl sites for hydroxylation is 2. The SMILES string of the molecule is CCN1c2ccc(/C=C(/C#N)C(=O)Nc3ccc(C)c(C)c3)cc2[C@H](C)CC1(C)C. The van der Waals surface area contributed by atoms with Gasteiger partial charge in [0, 0.05) is 23.5 Å². The summed E-state index contributed by atoms with van der Waals surface area (Å²) in [4.78, 5) is 15.1. The van der Waals surface area contributed by atoms with Crippen molar-refractivity contribution in [2.75, 3.05) is 16.8 Å². The van der Waals surface area contributed by atoms with E-state index in [0.717, 1.165) is 29.7 Å². The van der Waals surface area contributed by atoms with E-state index in [9.17, 15) is 10.1 Å². The molecular formula is C26H31N3O. The molecule has 1 aliphatic rings. The van der Waals surface area contributed by atoms with E-state index in [1.807, 2.05) is 38.1 Å². The molecule has 30 heavy (non-hydrogen) atoms. The second-order valence-electron chi connectivity index (χ2n) is 8.90. The summed E-state index contributed by atoms with van der Waals surface area (Å²) in [7, 11) is 0. The zero-order chi connectivity index (χ0) is 22.1. The molecule has 0 fully saturated rings. The molecule has 0 unspecified atom stereocenters. The first-order valence-corrected chi connectivity index (χ1v) is 10.6. The van der Waals surface area contributed by atoms with Gasteiger partial charge in [-0.3, -0.25) is 4.79 Å². The highest BCUT2D eigenvalue weighted by Gasteiger charge is 2.35. The van der Waals surface area contributed by atoms with Crippen LogP contribution in [-0.4, -0.2) is 18.0 Å². The van der Waals surface area contributed by atoms with Crippen molar-refractivity contribution < 1.29 is 4.79 Å². The third-order valence-electron chi connectivity index (χ3n) is 6.17. The monoisotopic (exact) mass is 401 g/mol. The van der Waals surface area contributed by atoms with E-state index in [1.165, 1.54) is 11.3 Å². The summed E-state index contributed by atoms with van der Waals surface area (Å²) in [6.45, 7) is 14.0. The number of carbonyl (C=O) groups excluding carboxylic acids is 1. The molecule has 2 aromatic carbocycles. The molecule has 4 nitrogen and oxygen atoms in total. The molecule has 0 radical (unpaired) electrons. The van der Waals surface area contributed by atoms with Crippen LogP contribution in [0, 0.1) is 25.2 Å². The molecule has 0 aromatic heterocycles. The van der Waals surface area contributed by atoms with Crippen LogP contribution in [0.3, 0.4) is 0 Å². The van der Waals surface area contributed by atoms with E-state index in [1.54, 1.807) is 6.08 Å². The first-order valence-electron chi connectivity index (χ1n) is 10.6. The predicted molar refractivity (Wildman–Crippen MR) is 125 cm³/mol. The summed E-state index contributed by atoms with van der Waals surface area (Å²) in [5.74, 6) is 0.0314. The fourth-order valence-electron chi connectivity index (χ4n) is 4.53. The maximum Gasteiger partial charge on any atom is 0.266 e. The van der Waals surface area contributed by atoms with E-state index in [-0.39, 0.29) is 17.0 Å². The molecule has 1 amide bonds. The van der Waals surface area contributed by atoms with Crippen LogP contribution in [-0.2, 0) is 4.79 Å². The van der Waals surface area contributed by atoms with Crippen LogP contribution in [0.5, 0.6) is 0 Å². The van der Waals surface area contributed by atoms with Crippen LogP contribution in [0.15, 0.2) is 42.0 Å². The Balaban J connectivity index is 1.89. The van der Waals surface area contributed by atoms with E-state index in [4.69, 9.17) is 0 Å². The third kappa shape index (κ3) is 4.26. The van der Waals surface area contributed by atoms with Crippen LogP contribution < -0.4 is 10.2 Å². The van der Waals surface area contributed by atoms with E-state index < -0.39 is 0 Å². The molecule has 4 heteroatoms. The number of fused-ring (bicyclic) bond motifs is 1. The Labute approximate surface area is 180 Å². The number of rotatable bonds is 4. The summed E-state index contributed by atoms with van der Waals surface area (Å²) in [5.41, 5.74) is 6.58. The van der Waals surface area contributed by atoms with Crippen molar-refractivity contribution in [1.29, 1.82) is 5.26 Å². The molecule has 0 aliphatic carbocycles. The number of hydrogen-bond acceptors (Lipinski definition) is 3. The van der Waals surface area contributed by atoms with Gasteiger partial charge in [0.25, 0.3) is 5.91 Å². The van der Waals surface area contributed by atoms with Crippen molar-refractivity contribution in [3.8, 4) is 6.07 Å². The number of hydrogen-bond donors (Lipinski definition) is 1. The van der Waals surface area contributed by atoms with Crippen LogP contribution in [0.25, 0.3) is 6.08 Å². The highest BCUT2D eigenvalue weighted by molar-refractivity contribution is 6.09. The highest BCUT2D eigenvalue weighted by Crippen LogP contribution is 2.43. The van der Waals surface area contributed by atoms with Crippen molar-refractivity contribution in [3.05, 3.63) is 64.2 Å². The van der Waals surface area contributed by atoms with E-state index in [0.29, 0.717) is 11.6 Å². The maximum absolute atomic E-state index is 12.7. The average molecular weight is 402 g/mol. The Morgan fingerprint density at radius 1 is 1.23 bits per heavy atom. The lowest BCUT2D eigenvalue weighted by Crippen LogP contribution is -2.48. The summed E-state index contributed by atoms with van der Waals surface area (Å²) < 4.78 is 0. The zero-order valence-corrected chi connectivity index (χ0v) is 18.8. The molecule has 0 bridgehead atoms. The molecule has 2 aromatic rings. The summed E-state index contributed by atoms with van der Waals surface area (Å²) >= 11 is 0. The van der Waals surface area contributed by atoms with Gasteiger partial charge in [-0.2, -0.15) is 5.26 Å². The lowest BCUT2D eigenvalue weighted by Gasteiger charge is -2.47. The summed E-state index contributed by atoms with van der Waals surface area (Å²) in [6, 6.07) is 14.0. The minimum Gasteiger partial charge on any atom is -0.366 e. The topological polar surface area (TPSA) is 56.1 Å². The van der Waals surface area contributed by atoms with Gasteiger partial charge in [0.05, 0.1) is 0 Å². The number of amides is 1. The van der Waals surface area contributed by atoms with Crippen molar-refractivity contribution >= 4 is 23.4 Å². The van der Waals surface area contributed by atoms with Crippen molar-refractivity contribution in [2.45, 2.75) is 59.4 Å². The van der Waals surface area contributed by atoms with Gasteiger partial charge < -0.3 is 10.2 Å². The first kappa shape index (κ1) is 21.6. The fraction of sp³-hybridized carbons (Fsp3) is 0.385. The molecule has 1 aliphatic heterocycles. The predicted octanol–water partition coefficient (Wildman–Crippen LogP) is 5.96. The summed E-state index contributed by atoms with van der Waals surface area (Å²) in [6.07, 6.45) is 2.75. The number of benzene rings is 2. The number of anilines is 2. The van der Waals surface area contributed by atoms with Crippen LogP contribution in [0.4, 0.5) is 11.4 Å². The normalized spacial score (nSPS) is 17.8. The lowest BCUT2D eigenvalue weighted by atomic mass is 9.79. The summed E-state index contributed by atoms with van der Waals surface area (Å²) in [5, 5.41) is 12.4. The third-order valence-corrected chi connectivity index (χ3v) is 6.17. The molecule has 1 N–H and O–H groups in total. The average Bonchev–Trinajstić information content (AvgIpc) is 2.68. The molecule has 0 saturated heterocycles. The number of nitriles is 1. The minimum atomic E-state index is -0.386. The van der Waals surface area contributed by atoms with E-state index in [2.05, 4.69) is 56.1 Å². The van der Waals surface area contributed by atoms with Gasteiger partial charge in [0.2, 0.25) is 0 Å². The largest absolute Gasteiger partial charge is 0.366 e. The van der Waals surface area contributed by atoms with Crippen LogP contribution in [0.1, 0.15) is 62.3 Å². The maximum atomic E-state index is 12.7. The standard InChI is InChI=1S/C26H31N3O/c1-7-29-24-11-9-20(14-23(24)19(4)15-26(29,5)6)13-21(16-27)25(30)28-22-10-8-17(2)18(3)12-22/h8-14,19H,7,15H2,1-6H3,(H,28,30)/b21-13-/t19-/m1/s1. The van der Waals surface area contributed by atoms with Crippen molar-refractivity contribution in [1.82, 2.24) is 0 Å². The van der Waals surface area contributed by atoms with Crippen LogP contribution >= 0.6 is 0 Å². The Bertz CT molecular complexity index is 1040. The minimum absolute atomic E-state index is 0.101. The molecular weight excluding hydrogens is 370 g/mol. The van der Waals surface area contributed by atoms with Gasteiger partial charge in [-0.25, -0.2) is 0 Å². The Morgan fingerprint density at radius 2 is 1.97 bits per heavy atom. The molecule has 0 spiro atoms. The number of carbonyl (C=O) groups is 1. The quantitative estimate of drug-likeness (QED) is 0.508.